The predicted molar refractivity (Wildman–Crippen MR) is 115 cm³/mol. The zero-order chi connectivity index (χ0) is 20.5. The number of fused-ring (bicyclic) bond motifs is 2. The van der Waals surface area contributed by atoms with E-state index in [1.54, 1.807) is 19.4 Å². The number of carbonyl (C=O) groups is 1. The first kappa shape index (κ1) is 19.0. The summed E-state index contributed by atoms with van der Waals surface area (Å²) in [4.78, 5) is 22.0. The minimum absolute atomic E-state index is 0.0911. The van der Waals surface area contributed by atoms with E-state index >= 15 is 0 Å². The summed E-state index contributed by atoms with van der Waals surface area (Å²) in [6.45, 7) is 0.539. The minimum Gasteiger partial charge on any atom is -0.496 e. The monoisotopic (exact) mass is 402 g/mol. The smallest absolute Gasteiger partial charge is 0.232 e. The Hall–Kier alpha value is -2.95. The Kier molecular flexibility index (Phi) is 5.11. The van der Waals surface area contributed by atoms with Crippen molar-refractivity contribution in [3.05, 3.63) is 64.7 Å². The van der Waals surface area contributed by atoms with Gasteiger partial charge in [0.1, 0.15) is 11.5 Å². The number of rotatable bonds is 5. The van der Waals surface area contributed by atoms with Gasteiger partial charge in [-0.25, -0.2) is 0 Å². The number of ether oxygens (including phenoxy) is 2. The maximum atomic E-state index is 13.0. The molecule has 0 unspecified atom stereocenters. The molecule has 2 aliphatic heterocycles. The molecule has 0 radical (unpaired) electrons. The van der Waals surface area contributed by atoms with Gasteiger partial charge < -0.3 is 9.47 Å². The lowest BCUT2D eigenvalue weighted by Crippen LogP contribution is -2.08. The number of allylic oxidation sites excluding steroid dienone is 2. The number of benzene rings is 1. The van der Waals surface area contributed by atoms with Crippen LogP contribution in [0.5, 0.6) is 11.5 Å². The second kappa shape index (κ2) is 8.05. The third-order valence-electron chi connectivity index (χ3n) is 6.48. The van der Waals surface area contributed by atoms with Crippen LogP contribution in [0.15, 0.2) is 47.3 Å². The summed E-state index contributed by atoms with van der Waals surface area (Å²) in [6.07, 6.45) is 12.1. The molecule has 0 bridgehead atoms. The second-order valence-corrected chi connectivity index (χ2v) is 8.30. The SMILES string of the molecule is COc1ccc2c(c1CCC1CCCCC1)O/C(=C\C1=NCc3ncccc31)C2=O. The Bertz CT molecular complexity index is 1050. The highest BCUT2D eigenvalue weighted by Crippen LogP contribution is 2.41. The van der Waals surface area contributed by atoms with Crippen LogP contribution in [0.4, 0.5) is 0 Å². The number of hydrogen-bond acceptors (Lipinski definition) is 5. The Balaban J connectivity index is 1.42. The number of carbonyl (C=O) groups excluding carboxylic acids is 1. The fraction of sp³-hybridized carbons (Fsp3) is 0.400. The van der Waals surface area contributed by atoms with Crippen molar-refractivity contribution in [2.24, 2.45) is 10.9 Å². The molecule has 0 amide bonds. The largest absolute Gasteiger partial charge is 0.496 e. The van der Waals surface area contributed by atoms with E-state index in [0.29, 0.717) is 23.6 Å². The average Bonchev–Trinajstić information content (AvgIpc) is 3.34. The summed E-state index contributed by atoms with van der Waals surface area (Å²) in [6, 6.07) is 7.58. The number of pyridine rings is 1. The van der Waals surface area contributed by atoms with E-state index < -0.39 is 0 Å². The van der Waals surface area contributed by atoms with Crippen molar-refractivity contribution in [3.8, 4) is 11.5 Å². The second-order valence-electron chi connectivity index (χ2n) is 8.30. The molecule has 5 rings (SSSR count). The topological polar surface area (TPSA) is 60.8 Å². The molecule has 154 valence electrons. The molecule has 5 nitrogen and oxygen atoms in total. The Morgan fingerprint density at radius 1 is 1.17 bits per heavy atom. The number of hydrogen-bond donors (Lipinski definition) is 0. The van der Waals surface area contributed by atoms with Gasteiger partial charge in [0.25, 0.3) is 0 Å². The molecule has 3 heterocycles. The van der Waals surface area contributed by atoms with E-state index in [-0.39, 0.29) is 5.78 Å². The molecule has 2 aromatic rings. The van der Waals surface area contributed by atoms with E-state index in [4.69, 9.17) is 9.47 Å². The zero-order valence-electron chi connectivity index (χ0n) is 17.3. The summed E-state index contributed by atoms with van der Waals surface area (Å²) < 4.78 is 11.8. The van der Waals surface area contributed by atoms with Gasteiger partial charge in [0.2, 0.25) is 5.78 Å². The Morgan fingerprint density at radius 3 is 2.87 bits per heavy atom. The lowest BCUT2D eigenvalue weighted by molar-refractivity contribution is 0.101. The molecule has 1 aromatic heterocycles. The van der Waals surface area contributed by atoms with Crippen LogP contribution >= 0.6 is 0 Å². The number of Topliss-reactive ketones (excluding diaryl/α,β-unsaturated/α-hetero) is 1. The molecule has 1 saturated carbocycles. The van der Waals surface area contributed by atoms with Crippen molar-refractivity contribution >= 4 is 11.5 Å². The van der Waals surface area contributed by atoms with Crippen molar-refractivity contribution < 1.29 is 14.3 Å². The Morgan fingerprint density at radius 2 is 2.03 bits per heavy atom. The van der Waals surface area contributed by atoms with Crippen LogP contribution in [-0.4, -0.2) is 23.6 Å². The zero-order valence-corrected chi connectivity index (χ0v) is 17.3. The van der Waals surface area contributed by atoms with Gasteiger partial charge in [0, 0.05) is 23.4 Å². The fourth-order valence-electron chi connectivity index (χ4n) is 4.83. The number of nitrogens with zero attached hydrogens (tertiary/aromatic N) is 2. The van der Waals surface area contributed by atoms with Gasteiger partial charge in [-0.1, -0.05) is 32.1 Å². The van der Waals surface area contributed by atoms with E-state index in [2.05, 4.69) is 9.98 Å². The highest BCUT2D eigenvalue weighted by Gasteiger charge is 2.32. The molecule has 1 aromatic carbocycles. The van der Waals surface area contributed by atoms with Gasteiger partial charge in [-0.15, -0.1) is 0 Å². The first-order valence-electron chi connectivity index (χ1n) is 10.9. The van der Waals surface area contributed by atoms with Crippen molar-refractivity contribution in [1.82, 2.24) is 4.98 Å². The molecule has 0 spiro atoms. The molecular formula is C25H26N2O3. The van der Waals surface area contributed by atoms with Crippen molar-refractivity contribution in [1.29, 1.82) is 0 Å². The van der Waals surface area contributed by atoms with Gasteiger partial charge in [0.15, 0.2) is 5.76 Å². The highest BCUT2D eigenvalue weighted by atomic mass is 16.5. The average molecular weight is 402 g/mol. The normalized spacial score (nSPS) is 19.4. The molecule has 30 heavy (non-hydrogen) atoms. The van der Waals surface area contributed by atoms with Crippen molar-refractivity contribution in [2.75, 3.05) is 7.11 Å². The van der Waals surface area contributed by atoms with Gasteiger partial charge in [-0.2, -0.15) is 0 Å². The molecule has 0 N–H and O–H groups in total. The van der Waals surface area contributed by atoms with E-state index in [1.807, 2.05) is 24.3 Å². The standard InChI is InChI=1S/C25H26N2O3/c1-29-22-12-11-19-24(28)23(14-20-17-8-5-13-26-21(17)15-27-20)30-25(19)18(22)10-9-16-6-3-2-4-7-16/h5,8,11-14,16H,2-4,6-7,9-10,15H2,1H3/b23-14-. The number of aliphatic imine (C=N–C) groups is 1. The molecule has 1 aliphatic carbocycles. The summed E-state index contributed by atoms with van der Waals surface area (Å²) in [5, 5.41) is 0. The molecule has 3 aliphatic rings. The van der Waals surface area contributed by atoms with Crippen LogP contribution in [0.2, 0.25) is 0 Å². The lowest BCUT2D eigenvalue weighted by Gasteiger charge is -2.22. The van der Waals surface area contributed by atoms with Gasteiger partial charge in [0.05, 0.1) is 30.6 Å². The van der Waals surface area contributed by atoms with Crippen LogP contribution in [0, 0.1) is 5.92 Å². The van der Waals surface area contributed by atoms with E-state index in [9.17, 15) is 4.79 Å². The fourth-order valence-corrected chi connectivity index (χ4v) is 4.83. The third-order valence-corrected chi connectivity index (χ3v) is 6.48. The summed E-state index contributed by atoms with van der Waals surface area (Å²) in [5.74, 6) is 2.44. The summed E-state index contributed by atoms with van der Waals surface area (Å²) in [5.41, 5.74) is 4.28. The van der Waals surface area contributed by atoms with Crippen molar-refractivity contribution in [2.45, 2.75) is 51.5 Å². The van der Waals surface area contributed by atoms with Crippen molar-refractivity contribution in [3.63, 3.8) is 0 Å². The first-order chi connectivity index (χ1) is 14.7. The summed E-state index contributed by atoms with van der Waals surface area (Å²) >= 11 is 0. The number of aromatic nitrogens is 1. The quantitative estimate of drug-likeness (QED) is 0.656. The Labute approximate surface area is 176 Å². The maximum Gasteiger partial charge on any atom is 0.232 e. The summed E-state index contributed by atoms with van der Waals surface area (Å²) in [7, 11) is 1.68. The van der Waals surface area contributed by atoms with Crippen LogP contribution in [0.3, 0.4) is 0 Å². The van der Waals surface area contributed by atoms with Gasteiger partial charge in [-0.3, -0.25) is 14.8 Å². The lowest BCUT2D eigenvalue weighted by atomic mass is 9.85. The predicted octanol–water partition coefficient (Wildman–Crippen LogP) is 5.07. The molecule has 5 heteroatoms. The van der Waals surface area contributed by atoms with E-state index in [0.717, 1.165) is 47.0 Å². The van der Waals surface area contributed by atoms with Gasteiger partial charge >= 0.3 is 0 Å². The van der Waals surface area contributed by atoms with E-state index in [1.165, 1.54) is 32.1 Å². The first-order valence-corrected chi connectivity index (χ1v) is 10.9. The van der Waals surface area contributed by atoms with Crippen LogP contribution < -0.4 is 9.47 Å². The highest BCUT2D eigenvalue weighted by molar-refractivity contribution is 6.19. The molecule has 1 fully saturated rings. The molecule has 0 saturated heterocycles. The number of methoxy groups -OCH3 is 1. The van der Waals surface area contributed by atoms with Crippen LogP contribution in [0.25, 0.3) is 0 Å². The van der Waals surface area contributed by atoms with Crippen LogP contribution in [0.1, 0.15) is 65.7 Å². The maximum absolute atomic E-state index is 13.0. The number of ketones is 1. The third kappa shape index (κ3) is 3.42. The molecular weight excluding hydrogens is 376 g/mol. The van der Waals surface area contributed by atoms with Gasteiger partial charge in [-0.05, 0) is 43.0 Å². The minimum atomic E-state index is -0.0911. The molecule has 0 atom stereocenters. The van der Waals surface area contributed by atoms with Crippen LogP contribution in [-0.2, 0) is 13.0 Å².